The second-order valence-electron chi connectivity index (χ2n) is 6.93. The van der Waals surface area contributed by atoms with E-state index >= 15 is 0 Å². The average Bonchev–Trinajstić information content (AvgIpc) is 3.37. The van der Waals surface area contributed by atoms with Crippen molar-refractivity contribution in [2.75, 3.05) is 12.4 Å². The Bertz CT molecular complexity index is 1200. The molecule has 11 nitrogen and oxygen atoms in total. The van der Waals surface area contributed by atoms with E-state index < -0.39 is 15.7 Å². The third-order valence-electron chi connectivity index (χ3n) is 4.52. The van der Waals surface area contributed by atoms with E-state index in [-0.39, 0.29) is 22.5 Å². The Morgan fingerprint density at radius 3 is 2.69 bits per heavy atom. The van der Waals surface area contributed by atoms with Crippen LogP contribution in [-0.2, 0) is 37.4 Å². The molecule has 1 aliphatic rings. The van der Waals surface area contributed by atoms with Crippen LogP contribution in [0.25, 0.3) is 0 Å². The topological polar surface area (TPSA) is 149 Å². The maximum absolute atomic E-state index is 12.9. The Morgan fingerprint density at radius 2 is 2.03 bits per heavy atom. The number of nitrogens with zero attached hydrogens (tertiary/aromatic N) is 4. The second-order valence-corrected chi connectivity index (χ2v) is 10.3. The Kier molecular flexibility index (Phi) is 6.58. The van der Waals surface area contributed by atoms with Gasteiger partial charge in [0.05, 0.1) is 21.6 Å². The second kappa shape index (κ2) is 9.54. The Labute approximate surface area is 187 Å². The standard InChI is InChI=1S/C19H20N6O5S2/c1-29-9-13-8-20-19(31-13)23-18(26)17(25-30-10-16-21-11-22-24-16)12-2-4-14(5-3-12)32(27,28)15-6-7-15/h2-5,8,11,15H,6-7,9-10H2,1H3,(H,20,23,26)(H,21,22,24). The summed E-state index contributed by atoms with van der Waals surface area (Å²) in [7, 11) is -1.77. The van der Waals surface area contributed by atoms with E-state index in [1.165, 1.54) is 41.9 Å². The third kappa shape index (κ3) is 5.18. The highest BCUT2D eigenvalue weighted by molar-refractivity contribution is 7.92. The minimum absolute atomic E-state index is 0.0276. The molecule has 13 heteroatoms. The molecule has 168 valence electrons. The van der Waals surface area contributed by atoms with Crippen LogP contribution in [0, 0.1) is 0 Å². The maximum atomic E-state index is 12.9. The maximum Gasteiger partial charge on any atom is 0.280 e. The predicted molar refractivity (Wildman–Crippen MR) is 116 cm³/mol. The highest BCUT2D eigenvalue weighted by Gasteiger charge is 2.36. The molecule has 0 bridgehead atoms. The van der Waals surface area contributed by atoms with E-state index in [0.717, 1.165) is 4.88 Å². The molecule has 2 aromatic heterocycles. The molecule has 0 saturated heterocycles. The molecular weight excluding hydrogens is 456 g/mol. The molecule has 1 aliphatic carbocycles. The molecule has 4 rings (SSSR count). The summed E-state index contributed by atoms with van der Waals surface area (Å²) in [5.74, 6) is -0.123. The van der Waals surface area contributed by atoms with Crippen LogP contribution in [0.4, 0.5) is 5.13 Å². The van der Waals surface area contributed by atoms with Crippen LogP contribution < -0.4 is 5.32 Å². The molecule has 0 unspecified atom stereocenters. The van der Waals surface area contributed by atoms with Gasteiger partial charge in [-0.05, 0) is 25.0 Å². The van der Waals surface area contributed by atoms with Crippen LogP contribution in [0.5, 0.6) is 0 Å². The van der Waals surface area contributed by atoms with E-state index in [1.54, 1.807) is 13.3 Å². The smallest absolute Gasteiger partial charge is 0.280 e. The Hall–Kier alpha value is -3.16. The minimum atomic E-state index is -3.34. The first kappa shape index (κ1) is 22.0. The first-order valence-corrected chi connectivity index (χ1v) is 12.0. The van der Waals surface area contributed by atoms with Crippen molar-refractivity contribution in [1.82, 2.24) is 20.2 Å². The lowest BCUT2D eigenvalue weighted by Crippen LogP contribution is -2.24. The molecule has 32 heavy (non-hydrogen) atoms. The predicted octanol–water partition coefficient (Wildman–Crippen LogP) is 1.90. The van der Waals surface area contributed by atoms with Crippen LogP contribution in [-0.4, -0.2) is 52.6 Å². The molecule has 2 heterocycles. The minimum Gasteiger partial charge on any atom is -0.387 e. The molecule has 0 atom stereocenters. The number of aromatic amines is 1. The number of sulfone groups is 1. The first-order valence-electron chi connectivity index (χ1n) is 9.61. The lowest BCUT2D eigenvalue weighted by Gasteiger charge is -2.08. The number of anilines is 1. The van der Waals surface area contributed by atoms with Gasteiger partial charge in [0.25, 0.3) is 5.91 Å². The number of rotatable bonds is 10. The number of aromatic nitrogens is 4. The molecule has 0 spiro atoms. The van der Waals surface area contributed by atoms with Gasteiger partial charge < -0.3 is 9.57 Å². The molecule has 2 N–H and O–H groups in total. The van der Waals surface area contributed by atoms with Crippen LogP contribution in [0.2, 0.25) is 0 Å². The van der Waals surface area contributed by atoms with E-state index in [0.29, 0.717) is 36.0 Å². The summed E-state index contributed by atoms with van der Waals surface area (Å²) >= 11 is 1.27. The fourth-order valence-electron chi connectivity index (χ4n) is 2.79. The quantitative estimate of drug-likeness (QED) is 0.333. The fourth-order valence-corrected chi connectivity index (χ4v) is 5.22. The number of methoxy groups -OCH3 is 1. The van der Waals surface area contributed by atoms with Gasteiger partial charge in [0.1, 0.15) is 6.33 Å². The summed E-state index contributed by atoms with van der Waals surface area (Å²) in [6, 6.07) is 6.01. The van der Waals surface area contributed by atoms with Gasteiger partial charge >= 0.3 is 0 Å². The van der Waals surface area contributed by atoms with Gasteiger partial charge in [-0.1, -0.05) is 28.6 Å². The summed E-state index contributed by atoms with van der Waals surface area (Å²) in [6.45, 7) is 0.353. The highest BCUT2D eigenvalue weighted by Crippen LogP contribution is 2.33. The number of hydrogen-bond donors (Lipinski definition) is 2. The van der Waals surface area contributed by atoms with E-state index in [4.69, 9.17) is 9.57 Å². The molecule has 1 saturated carbocycles. The van der Waals surface area contributed by atoms with Crippen LogP contribution >= 0.6 is 11.3 Å². The average molecular weight is 477 g/mol. The van der Waals surface area contributed by atoms with Crippen LogP contribution in [0.15, 0.2) is 46.8 Å². The number of thiazole rings is 1. The van der Waals surface area contributed by atoms with E-state index in [1.807, 2.05) is 0 Å². The summed E-state index contributed by atoms with van der Waals surface area (Å²) in [5, 5.41) is 13.1. The number of oxime groups is 1. The Morgan fingerprint density at radius 1 is 1.25 bits per heavy atom. The van der Waals surface area contributed by atoms with E-state index in [9.17, 15) is 13.2 Å². The van der Waals surface area contributed by atoms with Crippen molar-refractivity contribution in [3.63, 3.8) is 0 Å². The van der Waals surface area contributed by atoms with Gasteiger partial charge in [-0.3, -0.25) is 15.2 Å². The first-order chi connectivity index (χ1) is 15.5. The van der Waals surface area contributed by atoms with Crippen molar-refractivity contribution in [3.8, 4) is 0 Å². The largest absolute Gasteiger partial charge is 0.387 e. The number of H-pyrrole nitrogens is 1. The lowest BCUT2D eigenvalue weighted by molar-refractivity contribution is -0.110. The Balaban J connectivity index is 1.55. The molecule has 1 amide bonds. The number of carbonyl (C=O) groups excluding carboxylic acids is 1. The van der Waals surface area contributed by atoms with Gasteiger partial charge in [0, 0.05) is 18.9 Å². The number of ether oxygens (including phenoxy) is 1. The number of nitrogens with one attached hydrogen (secondary N) is 2. The van der Waals surface area contributed by atoms with Crippen LogP contribution in [0.1, 0.15) is 29.1 Å². The summed E-state index contributed by atoms with van der Waals surface area (Å²) in [4.78, 5) is 27.4. The van der Waals surface area contributed by atoms with Crippen molar-refractivity contribution in [2.24, 2.45) is 5.16 Å². The van der Waals surface area contributed by atoms with Crippen LogP contribution in [0.3, 0.4) is 0 Å². The van der Waals surface area contributed by atoms with Crippen molar-refractivity contribution >= 4 is 37.9 Å². The van der Waals surface area contributed by atoms with Crippen molar-refractivity contribution in [3.05, 3.63) is 53.1 Å². The molecule has 1 fully saturated rings. The molecular formula is C19H20N6O5S2. The van der Waals surface area contributed by atoms with Crippen molar-refractivity contribution in [1.29, 1.82) is 0 Å². The van der Waals surface area contributed by atoms with Gasteiger partial charge in [-0.2, -0.15) is 5.10 Å². The van der Waals surface area contributed by atoms with E-state index in [2.05, 4.69) is 30.6 Å². The zero-order chi connectivity index (χ0) is 22.6. The number of hydrogen-bond acceptors (Lipinski definition) is 10. The third-order valence-corrected chi connectivity index (χ3v) is 7.68. The SMILES string of the molecule is COCc1cnc(NC(=O)C(=NOCc2ncn[nH]2)c2ccc(S(=O)(=O)C3CC3)cc2)s1. The van der Waals surface area contributed by atoms with Gasteiger partial charge in [-0.25, -0.2) is 18.4 Å². The van der Waals surface area contributed by atoms with Crippen molar-refractivity contribution < 1.29 is 22.8 Å². The van der Waals surface area contributed by atoms with Gasteiger partial charge in [-0.15, -0.1) is 0 Å². The normalized spacial score (nSPS) is 14.3. The van der Waals surface area contributed by atoms with Gasteiger partial charge in [0.15, 0.2) is 33.1 Å². The van der Waals surface area contributed by atoms with Gasteiger partial charge in [0.2, 0.25) is 0 Å². The monoisotopic (exact) mass is 476 g/mol. The molecule has 1 aromatic carbocycles. The lowest BCUT2D eigenvalue weighted by atomic mass is 10.1. The molecule has 0 aliphatic heterocycles. The number of carbonyl (C=O) groups is 1. The number of amides is 1. The summed E-state index contributed by atoms with van der Waals surface area (Å²) in [5.41, 5.74) is 0.354. The zero-order valence-electron chi connectivity index (χ0n) is 17.0. The highest BCUT2D eigenvalue weighted by atomic mass is 32.2. The zero-order valence-corrected chi connectivity index (χ0v) is 18.6. The van der Waals surface area contributed by atoms with Crippen molar-refractivity contribution in [2.45, 2.75) is 36.2 Å². The number of benzene rings is 1. The molecule has 0 radical (unpaired) electrons. The summed E-state index contributed by atoms with van der Waals surface area (Å²) in [6.07, 6.45) is 4.29. The summed E-state index contributed by atoms with van der Waals surface area (Å²) < 4.78 is 29.9. The molecule has 3 aromatic rings. The fraction of sp³-hybridized carbons (Fsp3) is 0.316.